The van der Waals surface area contributed by atoms with Gasteiger partial charge in [-0.1, -0.05) is 35.1 Å². The Morgan fingerprint density at radius 2 is 2.00 bits per heavy atom. The number of hydrogen-bond acceptors (Lipinski definition) is 4. The number of ketones is 1. The van der Waals surface area contributed by atoms with Gasteiger partial charge in [0.15, 0.2) is 0 Å². The second-order valence-electron chi connectivity index (χ2n) is 4.72. The van der Waals surface area contributed by atoms with Crippen molar-refractivity contribution >= 4 is 38.9 Å². The van der Waals surface area contributed by atoms with Crippen molar-refractivity contribution in [3.05, 3.63) is 53.1 Å². The van der Waals surface area contributed by atoms with Crippen LogP contribution in [0.3, 0.4) is 0 Å². The molecule has 3 nitrogen and oxygen atoms in total. The third-order valence-corrected chi connectivity index (χ3v) is 4.04. The van der Waals surface area contributed by atoms with Crippen LogP contribution in [0.5, 0.6) is 10.9 Å². The quantitative estimate of drug-likeness (QED) is 0.689. The van der Waals surface area contributed by atoms with Gasteiger partial charge in [0.05, 0.1) is 10.2 Å². The number of thiazole rings is 1. The molecule has 3 rings (SSSR count). The third-order valence-electron chi connectivity index (χ3n) is 2.91. The van der Waals surface area contributed by atoms with Crippen LogP contribution in [-0.2, 0) is 11.2 Å². The summed E-state index contributed by atoms with van der Waals surface area (Å²) in [5.41, 5.74) is 1.85. The average Bonchev–Trinajstić information content (AvgIpc) is 2.82. The van der Waals surface area contributed by atoms with Gasteiger partial charge in [0.2, 0.25) is 0 Å². The van der Waals surface area contributed by atoms with Gasteiger partial charge in [-0.05, 0) is 42.8 Å². The summed E-state index contributed by atoms with van der Waals surface area (Å²) in [5, 5.41) is 1.26. The van der Waals surface area contributed by atoms with E-state index in [4.69, 9.17) is 16.3 Å². The number of ether oxygens (including phenoxy) is 1. The zero-order valence-corrected chi connectivity index (χ0v) is 12.9. The van der Waals surface area contributed by atoms with E-state index in [0.717, 1.165) is 15.8 Å². The van der Waals surface area contributed by atoms with Gasteiger partial charge in [0.1, 0.15) is 11.5 Å². The molecule has 0 N–H and O–H groups in total. The summed E-state index contributed by atoms with van der Waals surface area (Å²) in [6, 6.07) is 13.0. The second kappa shape index (κ2) is 5.84. The maximum Gasteiger partial charge on any atom is 0.279 e. The van der Waals surface area contributed by atoms with Gasteiger partial charge >= 0.3 is 0 Å². The summed E-state index contributed by atoms with van der Waals surface area (Å²) in [4.78, 5) is 15.5. The predicted molar refractivity (Wildman–Crippen MR) is 85.5 cm³/mol. The van der Waals surface area contributed by atoms with Crippen LogP contribution in [0.2, 0.25) is 5.02 Å². The van der Waals surface area contributed by atoms with Gasteiger partial charge in [-0.3, -0.25) is 4.79 Å². The fraction of sp³-hybridized carbons (Fsp3) is 0.125. The molecular weight excluding hydrogens is 306 g/mol. The van der Waals surface area contributed by atoms with E-state index in [1.807, 2.05) is 42.5 Å². The van der Waals surface area contributed by atoms with Gasteiger partial charge in [-0.15, -0.1) is 0 Å². The first-order valence-electron chi connectivity index (χ1n) is 6.42. The number of Topliss-reactive ketones (excluding diaryl/α,β-unsaturated/α-hetero) is 1. The monoisotopic (exact) mass is 317 g/mol. The van der Waals surface area contributed by atoms with Gasteiger partial charge in [0.25, 0.3) is 5.19 Å². The number of aromatic nitrogens is 1. The van der Waals surface area contributed by atoms with E-state index in [1.54, 1.807) is 6.92 Å². The Morgan fingerprint density at radius 3 is 2.71 bits per heavy atom. The fourth-order valence-electron chi connectivity index (χ4n) is 1.98. The molecule has 0 spiro atoms. The van der Waals surface area contributed by atoms with Gasteiger partial charge < -0.3 is 4.74 Å². The van der Waals surface area contributed by atoms with Gasteiger partial charge in [-0.25, -0.2) is 4.98 Å². The number of rotatable bonds is 4. The molecule has 0 aliphatic heterocycles. The molecule has 0 bridgehead atoms. The summed E-state index contributed by atoms with van der Waals surface area (Å²) in [6.07, 6.45) is 0.444. The van der Waals surface area contributed by atoms with E-state index >= 15 is 0 Å². The molecule has 0 fully saturated rings. The molecule has 106 valence electrons. The van der Waals surface area contributed by atoms with Crippen molar-refractivity contribution in [3.63, 3.8) is 0 Å². The van der Waals surface area contributed by atoms with Crippen LogP contribution in [0, 0.1) is 0 Å². The number of benzene rings is 2. The van der Waals surface area contributed by atoms with Crippen molar-refractivity contribution < 1.29 is 9.53 Å². The normalized spacial score (nSPS) is 10.8. The summed E-state index contributed by atoms with van der Waals surface area (Å²) in [6.45, 7) is 1.58. The lowest BCUT2D eigenvalue weighted by atomic mass is 10.1. The smallest absolute Gasteiger partial charge is 0.279 e. The lowest BCUT2D eigenvalue weighted by Crippen LogP contribution is -1.95. The Bertz CT molecular complexity index is 796. The Kier molecular flexibility index (Phi) is 3.90. The summed E-state index contributed by atoms with van der Waals surface area (Å²) in [7, 11) is 0. The maximum atomic E-state index is 11.1. The molecule has 2 aromatic carbocycles. The maximum absolute atomic E-state index is 11.1. The molecule has 1 aromatic heterocycles. The van der Waals surface area contributed by atoms with E-state index in [0.29, 0.717) is 22.4 Å². The molecule has 0 aliphatic rings. The molecule has 0 aliphatic carbocycles. The van der Waals surface area contributed by atoms with Crippen molar-refractivity contribution in [1.29, 1.82) is 0 Å². The van der Waals surface area contributed by atoms with Crippen LogP contribution >= 0.6 is 22.9 Å². The number of carbonyl (C=O) groups is 1. The highest BCUT2D eigenvalue weighted by molar-refractivity contribution is 7.20. The van der Waals surface area contributed by atoms with Gasteiger partial charge in [-0.2, -0.15) is 0 Å². The minimum absolute atomic E-state index is 0.145. The molecule has 0 atom stereocenters. The minimum Gasteiger partial charge on any atom is -0.431 e. The molecule has 0 unspecified atom stereocenters. The molecule has 5 heteroatoms. The van der Waals surface area contributed by atoms with E-state index in [2.05, 4.69) is 4.98 Å². The summed E-state index contributed by atoms with van der Waals surface area (Å²) >= 11 is 7.41. The predicted octanol–water partition coefficient (Wildman–Crippen LogP) is 4.87. The van der Waals surface area contributed by atoms with Crippen molar-refractivity contribution in [2.24, 2.45) is 0 Å². The van der Waals surface area contributed by atoms with Crippen LogP contribution in [-0.4, -0.2) is 10.8 Å². The Hall–Kier alpha value is -1.91. The Labute approximate surface area is 131 Å². The van der Waals surface area contributed by atoms with Crippen molar-refractivity contribution in [1.82, 2.24) is 4.98 Å². The third kappa shape index (κ3) is 3.40. The summed E-state index contributed by atoms with van der Waals surface area (Å²) in [5.74, 6) is 0.846. The number of nitrogens with zero attached hydrogens (tertiary/aromatic N) is 1. The first-order chi connectivity index (χ1) is 10.1. The molecule has 3 aromatic rings. The topological polar surface area (TPSA) is 39.2 Å². The van der Waals surface area contributed by atoms with Crippen LogP contribution in [0.15, 0.2) is 42.5 Å². The highest BCUT2D eigenvalue weighted by Crippen LogP contribution is 2.32. The highest BCUT2D eigenvalue weighted by atomic mass is 35.5. The average molecular weight is 318 g/mol. The standard InChI is InChI=1S/C16H12ClNO2S/c1-10(19)8-11-2-5-13(6-3-11)20-16-18-14-7-4-12(17)9-15(14)21-16/h2-7,9H,8H2,1H3. The van der Waals surface area contributed by atoms with Crippen molar-refractivity contribution in [2.45, 2.75) is 13.3 Å². The number of hydrogen-bond donors (Lipinski definition) is 0. The molecule has 0 saturated carbocycles. The lowest BCUT2D eigenvalue weighted by Gasteiger charge is -2.02. The van der Waals surface area contributed by atoms with Crippen LogP contribution in [0.1, 0.15) is 12.5 Å². The van der Waals surface area contributed by atoms with Gasteiger partial charge in [0, 0.05) is 11.4 Å². The second-order valence-corrected chi connectivity index (χ2v) is 6.15. The van der Waals surface area contributed by atoms with E-state index < -0.39 is 0 Å². The molecular formula is C16H12ClNO2S. The Morgan fingerprint density at radius 1 is 1.24 bits per heavy atom. The molecule has 0 saturated heterocycles. The molecule has 21 heavy (non-hydrogen) atoms. The molecule has 0 radical (unpaired) electrons. The summed E-state index contributed by atoms with van der Waals surface area (Å²) < 4.78 is 6.73. The number of fused-ring (bicyclic) bond motifs is 1. The van der Waals surface area contributed by atoms with Crippen LogP contribution < -0.4 is 4.74 Å². The number of halogens is 1. The van der Waals surface area contributed by atoms with E-state index in [1.165, 1.54) is 11.3 Å². The minimum atomic E-state index is 0.145. The largest absolute Gasteiger partial charge is 0.431 e. The molecule has 1 heterocycles. The first-order valence-corrected chi connectivity index (χ1v) is 7.62. The number of carbonyl (C=O) groups excluding carboxylic acids is 1. The first kappa shape index (κ1) is 14.0. The zero-order chi connectivity index (χ0) is 14.8. The van der Waals surface area contributed by atoms with E-state index in [-0.39, 0.29) is 5.78 Å². The van der Waals surface area contributed by atoms with Crippen LogP contribution in [0.25, 0.3) is 10.2 Å². The SMILES string of the molecule is CC(=O)Cc1ccc(Oc2nc3ccc(Cl)cc3s2)cc1. The van der Waals surface area contributed by atoms with E-state index in [9.17, 15) is 4.79 Å². The zero-order valence-electron chi connectivity index (χ0n) is 11.3. The lowest BCUT2D eigenvalue weighted by molar-refractivity contribution is -0.116. The fourth-order valence-corrected chi connectivity index (χ4v) is 3.10. The van der Waals surface area contributed by atoms with Crippen LogP contribution in [0.4, 0.5) is 0 Å². The molecule has 0 amide bonds. The Balaban J connectivity index is 1.79. The van der Waals surface area contributed by atoms with Crippen molar-refractivity contribution in [2.75, 3.05) is 0 Å². The van der Waals surface area contributed by atoms with Crippen molar-refractivity contribution in [3.8, 4) is 10.9 Å². The highest BCUT2D eigenvalue weighted by Gasteiger charge is 2.07.